The maximum atomic E-state index is 14.3. The van der Waals surface area contributed by atoms with E-state index in [4.69, 9.17) is 0 Å². The summed E-state index contributed by atoms with van der Waals surface area (Å²) in [4.78, 5) is 14.8. The fourth-order valence-electron chi connectivity index (χ4n) is 5.49. The van der Waals surface area contributed by atoms with Gasteiger partial charge in [0.25, 0.3) is 6.43 Å². The summed E-state index contributed by atoms with van der Waals surface area (Å²) >= 11 is 0. The van der Waals surface area contributed by atoms with E-state index in [2.05, 4.69) is 36.0 Å². The minimum absolute atomic E-state index is 0.0237. The summed E-state index contributed by atoms with van der Waals surface area (Å²) in [5.74, 6) is 0.442. The number of hydrogen-bond acceptors (Lipinski definition) is 3. The van der Waals surface area contributed by atoms with Crippen LogP contribution in [0.1, 0.15) is 73.8 Å². The fourth-order valence-corrected chi connectivity index (χ4v) is 5.49. The lowest BCUT2D eigenvalue weighted by molar-refractivity contribution is -0.113. The van der Waals surface area contributed by atoms with Gasteiger partial charge in [-0.2, -0.15) is 5.10 Å². The molecule has 0 spiro atoms. The smallest absolute Gasteiger partial charge is 0.264 e. The second-order valence-corrected chi connectivity index (χ2v) is 9.84. The molecule has 0 amide bonds. The summed E-state index contributed by atoms with van der Waals surface area (Å²) in [6.45, 7) is 6.97. The number of allylic oxidation sites excluding steroid dienone is 2. The number of halogens is 2. The monoisotopic (exact) mass is 475 g/mol. The standard InChI is InChI=1S/C29H31F2N3O/c1-5-28(35)22-9-8-21-23(17(2)3)12-20(13-25(21)22)34-10-6-7-18-11-24(19-15-32-33(4)16-19)26(29(30)31)14-27(18)34/h9,11-17,29H,5-8,10H2,1-4H3. The first-order valence-electron chi connectivity index (χ1n) is 12.4. The van der Waals surface area contributed by atoms with Crippen LogP contribution in [-0.4, -0.2) is 22.1 Å². The first-order valence-corrected chi connectivity index (χ1v) is 12.4. The quantitative estimate of drug-likeness (QED) is 0.380. The molecule has 2 aliphatic rings. The lowest BCUT2D eigenvalue weighted by atomic mass is 9.89. The average molecular weight is 476 g/mol. The van der Waals surface area contributed by atoms with Crippen LogP contribution in [0.25, 0.3) is 16.7 Å². The molecule has 4 nitrogen and oxygen atoms in total. The molecule has 5 rings (SSSR count). The Morgan fingerprint density at radius 1 is 1.11 bits per heavy atom. The number of hydrogen-bond donors (Lipinski definition) is 0. The minimum atomic E-state index is -2.60. The van der Waals surface area contributed by atoms with E-state index in [1.165, 1.54) is 11.1 Å². The van der Waals surface area contributed by atoms with Crippen molar-refractivity contribution >= 4 is 22.7 Å². The summed E-state index contributed by atoms with van der Waals surface area (Å²) in [6, 6.07) is 7.88. The number of ketones is 1. The fraction of sp³-hybridized carbons (Fsp3) is 0.379. The number of aryl methyl sites for hydroxylation is 2. The number of alkyl halides is 2. The lowest BCUT2D eigenvalue weighted by Gasteiger charge is -2.34. The van der Waals surface area contributed by atoms with Gasteiger partial charge in [-0.15, -0.1) is 0 Å². The van der Waals surface area contributed by atoms with Gasteiger partial charge >= 0.3 is 0 Å². The molecule has 182 valence electrons. The van der Waals surface area contributed by atoms with E-state index >= 15 is 0 Å². The van der Waals surface area contributed by atoms with E-state index in [0.29, 0.717) is 23.5 Å². The predicted octanol–water partition coefficient (Wildman–Crippen LogP) is 7.15. The summed E-state index contributed by atoms with van der Waals surface area (Å²) in [5.41, 5.74) is 8.38. The van der Waals surface area contributed by atoms with Crippen LogP contribution in [0.2, 0.25) is 0 Å². The number of carbonyl (C=O) groups excluding carboxylic acids is 1. The molecule has 2 heterocycles. The molecular formula is C29H31F2N3O. The van der Waals surface area contributed by atoms with Gasteiger partial charge in [-0.25, -0.2) is 8.78 Å². The van der Waals surface area contributed by atoms with Crippen molar-refractivity contribution in [3.8, 4) is 11.1 Å². The molecule has 1 aromatic heterocycles. The Kier molecular flexibility index (Phi) is 6.07. The normalized spacial score (nSPS) is 15.0. The zero-order chi connectivity index (χ0) is 24.9. The molecule has 3 aromatic rings. The lowest BCUT2D eigenvalue weighted by Crippen LogP contribution is -2.25. The zero-order valence-corrected chi connectivity index (χ0v) is 20.7. The highest BCUT2D eigenvalue weighted by molar-refractivity contribution is 6.22. The third-order valence-electron chi connectivity index (χ3n) is 7.25. The van der Waals surface area contributed by atoms with Crippen molar-refractivity contribution in [3.05, 3.63) is 70.6 Å². The third kappa shape index (κ3) is 4.09. The van der Waals surface area contributed by atoms with Gasteiger partial charge in [0.05, 0.1) is 6.20 Å². The van der Waals surface area contributed by atoms with Gasteiger partial charge in [0.2, 0.25) is 0 Å². The number of Topliss-reactive ketones (excluding diaryl/α,β-unsaturated/α-hetero) is 1. The van der Waals surface area contributed by atoms with Crippen molar-refractivity contribution in [1.29, 1.82) is 0 Å². The first-order chi connectivity index (χ1) is 16.8. The molecule has 0 N–H and O–H groups in total. The predicted molar refractivity (Wildman–Crippen MR) is 136 cm³/mol. The summed E-state index contributed by atoms with van der Waals surface area (Å²) in [7, 11) is 1.79. The Morgan fingerprint density at radius 2 is 1.91 bits per heavy atom. The highest BCUT2D eigenvalue weighted by Gasteiger charge is 2.28. The van der Waals surface area contributed by atoms with Crippen molar-refractivity contribution in [2.24, 2.45) is 7.05 Å². The number of nitrogens with zero attached hydrogens (tertiary/aromatic N) is 3. The van der Waals surface area contributed by atoms with Gasteiger partial charge in [-0.3, -0.25) is 9.48 Å². The highest BCUT2D eigenvalue weighted by Crippen LogP contribution is 2.44. The number of anilines is 2. The molecule has 0 radical (unpaired) electrons. The van der Waals surface area contributed by atoms with Crippen molar-refractivity contribution < 1.29 is 13.6 Å². The second-order valence-electron chi connectivity index (χ2n) is 9.84. The van der Waals surface area contributed by atoms with E-state index < -0.39 is 6.43 Å². The van der Waals surface area contributed by atoms with Gasteiger partial charge in [-0.1, -0.05) is 26.8 Å². The van der Waals surface area contributed by atoms with Crippen LogP contribution in [0.15, 0.2) is 42.7 Å². The molecule has 35 heavy (non-hydrogen) atoms. The van der Waals surface area contributed by atoms with Crippen LogP contribution < -0.4 is 4.90 Å². The minimum Gasteiger partial charge on any atom is -0.341 e. The van der Waals surface area contributed by atoms with Crippen LogP contribution in [0.4, 0.5) is 20.2 Å². The Morgan fingerprint density at radius 3 is 2.57 bits per heavy atom. The van der Waals surface area contributed by atoms with Gasteiger partial charge in [0.15, 0.2) is 5.78 Å². The maximum absolute atomic E-state index is 14.3. The van der Waals surface area contributed by atoms with Crippen molar-refractivity contribution in [1.82, 2.24) is 9.78 Å². The van der Waals surface area contributed by atoms with E-state index in [9.17, 15) is 13.6 Å². The Labute approximate surface area is 205 Å². The molecule has 1 aliphatic heterocycles. The molecule has 0 fully saturated rings. The van der Waals surface area contributed by atoms with Crippen LogP contribution in [-0.2, 0) is 24.7 Å². The molecule has 0 bridgehead atoms. The first kappa shape index (κ1) is 23.5. The number of fused-ring (bicyclic) bond motifs is 2. The molecule has 0 saturated carbocycles. The topological polar surface area (TPSA) is 38.1 Å². The Hall–Kier alpha value is -3.28. The summed E-state index contributed by atoms with van der Waals surface area (Å²) in [6.07, 6.45) is 5.87. The van der Waals surface area contributed by atoms with E-state index in [0.717, 1.165) is 53.9 Å². The highest BCUT2D eigenvalue weighted by atomic mass is 19.3. The molecule has 0 saturated heterocycles. The largest absolute Gasteiger partial charge is 0.341 e. The molecule has 0 unspecified atom stereocenters. The van der Waals surface area contributed by atoms with Crippen molar-refractivity contribution in [2.45, 2.75) is 58.8 Å². The molecule has 6 heteroatoms. The summed E-state index contributed by atoms with van der Waals surface area (Å²) in [5, 5.41) is 4.18. The number of rotatable bonds is 6. The number of aromatic nitrogens is 2. The molecular weight excluding hydrogens is 444 g/mol. The van der Waals surface area contributed by atoms with E-state index in [1.807, 2.05) is 19.1 Å². The van der Waals surface area contributed by atoms with Gasteiger partial charge in [0, 0.05) is 54.3 Å². The second kappa shape index (κ2) is 9.06. The van der Waals surface area contributed by atoms with Crippen LogP contribution >= 0.6 is 0 Å². The van der Waals surface area contributed by atoms with Crippen LogP contribution in [0.3, 0.4) is 0 Å². The van der Waals surface area contributed by atoms with Gasteiger partial charge in [0.1, 0.15) is 0 Å². The number of benzene rings is 2. The molecule has 0 atom stereocenters. The van der Waals surface area contributed by atoms with Crippen molar-refractivity contribution in [2.75, 3.05) is 11.4 Å². The molecule has 1 aliphatic carbocycles. The Balaban J connectivity index is 1.66. The number of carbonyl (C=O) groups is 1. The zero-order valence-electron chi connectivity index (χ0n) is 20.7. The van der Waals surface area contributed by atoms with E-state index in [-0.39, 0.29) is 11.3 Å². The van der Waals surface area contributed by atoms with Gasteiger partial charge < -0.3 is 4.90 Å². The Bertz CT molecular complexity index is 1340. The SMILES string of the molecule is CCC(=O)C1=CCc2c1cc(N1CCCc3cc(-c4cnn(C)c4)c(C(F)F)cc31)cc2C(C)C. The summed E-state index contributed by atoms with van der Waals surface area (Å²) < 4.78 is 30.2. The third-order valence-corrected chi connectivity index (χ3v) is 7.25. The van der Waals surface area contributed by atoms with E-state index in [1.54, 1.807) is 30.2 Å². The van der Waals surface area contributed by atoms with Crippen molar-refractivity contribution in [3.63, 3.8) is 0 Å². The van der Waals surface area contributed by atoms with Crippen LogP contribution in [0.5, 0.6) is 0 Å². The maximum Gasteiger partial charge on any atom is 0.264 e. The van der Waals surface area contributed by atoms with Gasteiger partial charge in [-0.05, 0) is 77.3 Å². The van der Waals surface area contributed by atoms with Crippen LogP contribution in [0, 0.1) is 0 Å². The molecule has 2 aromatic carbocycles. The average Bonchev–Trinajstić information content (AvgIpc) is 3.47.